The number of imidazole rings is 1. The number of rotatable bonds is 4. The number of benzene rings is 2. The molecule has 7 nitrogen and oxygen atoms in total. The maximum absolute atomic E-state index is 13.8. The number of aryl methyl sites for hydroxylation is 4. The van der Waals surface area contributed by atoms with Gasteiger partial charge >= 0.3 is 11.9 Å². The van der Waals surface area contributed by atoms with Gasteiger partial charge in [0, 0.05) is 12.1 Å². The van der Waals surface area contributed by atoms with Crippen LogP contribution in [0.1, 0.15) is 57.6 Å². The zero-order chi connectivity index (χ0) is 27.3. The van der Waals surface area contributed by atoms with Crippen LogP contribution in [0.2, 0.25) is 0 Å². The van der Waals surface area contributed by atoms with Gasteiger partial charge < -0.3 is 4.57 Å². The number of hydrogen-bond donors (Lipinski definition) is 1. The van der Waals surface area contributed by atoms with Crippen molar-refractivity contribution < 1.29 is 17.7 Å². The number of nitrogens with one attached hydrogen (secondary N) is 1. The van der Waals surface area contributed by atoms with Crippen molar-refractivity contribution in [2.24, 2.45) is 0 Å². The third-order valence-electron chi connectivity index (χ3n) is 7.04. The number of aromatic nitrogens is 5. The van der Waals surface area contributed by atoms with Gasteiger partial charge in [-0.3, -0.25) is 9.51 Å². The van der Waals surface area contributed by atoms with Gasteiger partial charge in [0.05, 0.1) is 12.1 Å². The molecule has 10 heteroatoms. The summed E-state index contributed by atoms with van der Waals surface area (Å²) in [5, 5.41) is 3.82. The highest BCUT2D eigenvalue weighted by atomic mass is 19.4. The van der Waals surface area contributed by atoms with Crippen molar-refractivity contribution in [3.63, 3.8) is 0 Å². The molecule has 5 aromatic rings. The van der Waals surface area contributed by atoms with Gasteiger partial charge in [0.25, 0.3) is 0 Å². The SMILES string of the molecule is CCc1nc2c(C(F)(F)F)cc(C)nc2n1Cc1ccc2c(c1)CCc1ccccc1C2=Cc1noc(=O)[nH]1. The molecule has 0 radical (unpaired) electrons. The van der Waals surface area contributed by atoms with Crippen LogP contribution < -0.4 is 5.76 Å². The molecule has 1 aliphatic rings. The van der Waals surface area contributed by atoms with Crippen LogP contribution in [-0.2, 0) is 32.0 Å². The lowest BCUT2D eigenvalue weighted by Crippen LogP contribution is -2.09. The number of H-pyrrole nitrogens is 1. The third-order valence-corrected chi connectivity index (χ3v) is 7.04. The van der Waals surface area contributed by atoms with E-state index < -0.39 is 17.5 Å². The Hall–Kier alpha value is -4.47. The van der Waals surface area contributed by atoms with E-state index in [-0.39, 0.29) is 11.2 Å². The molecule has 6 rings (SSSR count). The third kappa shape index (κ3) is 4.56. The minimum atomic E-state index is -4.52. The van der Waals surface area contributed by atoms with Crippen molar-refractivity contribution in [1.29, 1.82) is 0 Å². The van der Waals surface area contributed by atoms with Crippen molar-refractivity contribution >= 4 is 22.8 Å². The van der Waals surface area contributed by atoms with E-state index in [0.717, 1.165) is 46.7 Å². The largest absolute Gasteiger partial charge is 0.439 e. The Balaban J connectivity index is 1.46. The van der Waals surface area contributed by atoms with Crippen molar-refractivity contribution in [3.8, 4) is 0 Å². The second kappa shape index (κ2) is 9.37. The quantitative estimate of drug-likeness (QED) is 0.320. The van der Waals surface area contributed by atoms with Crippen molar-refractivity contribution in [3.05, 3.63) is 110 Å². The maximum Gasteiger partial charge on any atom is 0.439 e. The molecule has 0 atom stereocenters. The predicted octanol–water partition coefficient (Wildman–Crippen LogP) is 5.73. The van der Waals surface area contributed by atoms with Gasteiger partial charge in [0.1, 0.15) is 11.3 Å². The van der Waals surface area contributed by atoms with Crippen LogP contribution in [0.4, 0.5) is 13.2 Å². The Kier molecular flexibility index (Phi) is 5.97. The summed E-state index contributed by atoms with van der Waals surface area (Å²) in [4.78, 5) is 22.9. The highest BCUT2D eigenvalue weighted by Gasteiger charge is 2.35. The van der Waals surface area contributed by atoms with Crippen molar-refractivity contribution in [2.45, 2.75) is 45.8 Å². The molecule has 0 amide bonds. The first-order chi connectivity index (χ1) is 18.7. The molecule has 0 saturated heterocycles. The molecule has 0 aliphatic heterocycles. The topological polar surface area (TPSA) is 89.6 Å². The molecule has 1 aliphatic carbocycles. The van der Waals surface area contributed by atoms with Gasteiger partial charge in [-0.05, 0) is 65.3 Å². The van der Waals surface area contributed by atoms with E-state index in [4.69, 9.17) is 4.52 Å². The van der Waals surface area contributed by atoms with E-state index in [1.807, 2.05) is 37.3 Å². The Morgan fingerprint density at radius 1 is 1.05 bits per heavy atom. The first-order valence-corrected chi connectivity index (χ1v) is 12.6. The van der Waals surface area contributed by atoms with E-state index in [1.165, 1.54) is 5.56 Å². The summed E-state index contributed by atoms with van der Waals surface area (Å²) in [6, 6.07) is 15.2. The summed E-state index contributed by atoms with van der Waals surface area (Å²) in [6.07, 6.45) is -0.670. The van der Waals surface area contributed by atoms with Gasteiger partial charge in [0.2, 0.25) is 0 Å². The molecule has 0 fully saturated rings. The fourth-order valence-electron chi connectivity index (χ4n) is 5.32. The number of halogens is 3. The van der Waals surface area contributed by atoms with Gasteiger partial charge in [0.15, 0.2) is 11.5 Å². The van der Waals surface area contributed by atoms with E-state index in [9.17, 15) is 18.0 Å². The highest BCUT2D eigenvalue weighted by molar-refractivity contribution is 5.93. The van der Waals surface area contributed by atoms with E-state index in [0.29, 0.717) is 30.3 Å². The van der Waals surface area contributed by atoms with E-state index in [1.54, 1.807) is 17.6 Å². The lowest BCUT2D eigenvalue weighted by atomic mass is 9.92. The summed E-state index contributed by atoms with van der Waals surface area (Å²) in [5.74, 6) is 0.240. The van der Waals surface area contributed by atoms with Crippen molar-refractivity contribution in [2.75, 3.05) is 0 Å². The molecule has 3 aromatic heterocycles. The minimum absolute atomic E-state index is 0.123. The van der Waals surface area contributed by atoms with Gasteiger partial charge in [-0.25, -0.2) is 14.8 Å². The van der Waals surface area contributed by atoms with E-state index >= 15 is 0 Å². The predicted molar refractivity (Wildman–Crippen MR) is 140 cm³/mol. The summed E-state index contributed by atoms with van der Waals surface area (Å²) < 4.78 is 47.8. The standard InChI is InChI=1S/C29H24F3N5O2/c1-3-25-35-26-23(29(30,31)32)12-16(2)33-27(26)37(25)15-17-8-11-21-19(13-17)10-9-18-6-4-5-7-20(18)22(21)14-24-34-28(38)39-36-24/h4-8,11-14H,3,9-10,15H2,1-2H3,(H,34,36,38). The molecule has 0 saturated carbocycles. The number of aromatic amines is 1. The summed E-state index contributed by atoms with van der Waals surface area (Å²) in [6.45, 7) is 3.77. The lowest BCUT2D eigenvalue weighted by molar-refractivity contribution is -0.136. The zero-order valence-corrected chi connectivity index (χ0v) is 21.3. The summed E-state index contributed by atoms with van der Waals surface area (Å²) >= 11 is 0. The monoisotopic (exact) mass is 531 g/mol. The second-order valence-corrected chi connectivity index (χ2v) is 9.64. The molecule has 3 heterocycles. The Labute approximate surface area is 221 Å². The molecule has 1 N–H and O–H groups in total. The Morgan fingerprint density at radius 3 is 2.56 bits per heavy atom. The van der Waals surface area contributed by atoms with Crippen LogP contribution >= 0.6 is 0 Å². The number of hydrogen-bond acceptors (Lipinski definition) is 5. The second-order valence-electron chi connectivity index (χ2n) is 9.64. The summed E-state index contributed by atoms with van der Waals surface area (Å²) in [7, 11) is 0. The van der Waals surface area contributed by atoms with Crippen molar-refractivity contribution in [1.82, 2.24) is 24.7 Å². The van der Waals surface area contributed by atoms with Gasteiger partial charge in [-0.15, -0.1) is 0 Å². The van der Waals surface area contributed by atoms with Crippen LogP contribution in [0, 0.1) is 6.92 Å². The first kappa shape index (κ1) is 24.8. The Bertz CT molecular complexity index is 1810. The smallest absolute Gasteiger partial charge is 0.308 e. The number of pyridine rings is 1. The fraction of sp³-hybridized carbons (Fsp3) is 0.241. The lowest BCUT2D eigenvalue weighted by Gasteiger charge is -2.14. The maximum atomic E-state index is 13.8. The van der Waals surface area contributed by atoms with Gasteiger partial charge in [-0.2, -0.15) is 13.2 Å². The molecule has 0 unspecified atom stereocenters. The molecule has 39 heavy (non-hydrogen) atoms. The van der Waals surface area contributed by atoms with Crippen LogP contribution in [-0.4, -0.2) is 24.7 Å². The molecule has 198 valence electrons. The minimum Gasteiger partial charge on any atom is -0.308 e. The molecular weight excluding hydrogens is 507 g/mol. The normalized spacial score (nSPS) is 14.4. The van der Waals surface area contributed by atoms with Crippen LogP contribution in [0.5, 0.6) is 0 Å². The summed E-state index contributed by atoms with van der Waals surface area (Å²) in [5.41, 5.74) is 5.76. The number of nitrogens with zero attached hydrogens (tertiary/aromatic N) is 4. The van der Waals surface area contributed by atoms with Gasteiger partial charge in [-0.1, -0.05) is 54.5 Å². The van der Waals surface area contributed by atoms with Crippen LogP contribution in [0.15, 0.2) is 57.8 Å². The van der Waals surface area contributed by atoms with Crippen LogP contribution in [0.25, 0.3) is 22.8 Å². The molecular formula is C29H24F3N5O2. The Morgan fingerprint density at radius 2 is 1.82 bits per heavy atom. The van der Waals surface area contributed by atoms with Crippen LogP contribution in [0.3, 0.4) is 0 Å². The fourth-order valence-corrected chi connectivity index (χ4v) is 5.32. The first-order valence-electron chi connectivity index (χ1n) is 12.6. The number of alkyl halides is 3. The number of fused-ring (bicyclic) bond motifs is 3. The zero-order valence-electron chi connectivity index (χ0n) is 21.3. The average molecular weight is 532 g/mol. The average Bonchev–Trinajstić information content (AvgIpc) is 3.43. The molecule has 2 aromatic carbocycles. The highest BCUT2D eigenvalue weighted by Crippen LogP contribution is 2.37. The molecule has 0 spiro atoms. The molecule has 0 bridgehead atoms. The van der Waals surface area contributed by atoms with E-state index in [2.05, 4.69) is 32.2 Å².